The first-order valence-electron chi connectivity index (χ1n) is 9.76. The number of nitrogens with zero attached hydrogens (tertiary/aromatic N) is 3. The van der Waals surface area contributed by atoms with Gasteiger partial charge in [-0.25, -0.2) is 10.5 Å². The molecule has 2 fully saturated rings. The fourth-order valence-electron chi connectivity index (χ4n) is 4.07. The van der Waals surface area contributed by atoms with Crippen LogP contribution in [0.5, 0.6) is 0 Å². The van der Waals surface area contributed by atoms with Crippen LogP contribution in [0.1, 0.15) is 38.5 Å². The van der Waals surface area contributed by atoms with Crippen LogP contribution in [0.4, 0.5) is 5.69 Å². The normalized spacial score (nSPS) is 20.8. The second-order valence-corrected chi connectivity index (χ2v) is 7.46. The highest BCUT2D eigenvalue weighted by Gasteiger charge is 2.38. The molecule has 1 saturated carbocycles. The van der Waals surface area contributed by atoms with Gasteiger partial charge in [-0.1, -0.05) is 25.7 Å². The topological polar surface area (TPSA) is 115 Å². The van der Waals surface area contributed by atoms with E-state index in [0.717, 1.165) is 25.7 Å². The zero-order valence-electron chi connectivity index (χ0n) is 15.8. The van der Waals surface area contributed by atoms with E-state index in [9.17, 15) is 19.6 Å². The first kappa shape index (κ1) is 20.2. The number of rotatable bonds is 8. The van der Waals surface area contributed by atoms with Crippen LogP contribution in [0, 0.1) is 11.8 Å². The molecule has 28 heavy (non-hydrogen) atoms. The minimum absolute atomic E-state index is 0.0754. The molecule has 2 atom stereocenters. The maximum Gasteiger partial charge on any atom is 0.248 e. The third kappa shape index (κ3) is 5.05. The molecule has 2 unspecified atom stereocenters. The zero-order valence-corrected chi connectivity index (χ0v) is 15.8. The first-order valence-corrected chi connectivity index (χ1v) is 9.76. The molecule has 1 aliphatic carbocycles. The molecule has 3 N–H and O–H groups in total. The SMILES string of the molecule is O=CN(O)CC(CC1CCCC1)C(=O)N1NCCC1C(=O)Nc1cccnc1. The summed E-state index contributed by atoms with van der Waals surface area (Å²) in [5.41, 5.74) is 3.56. The molecular formula is C19H27N5O4. The molecule has 0 radical (unpaired) electrons. The van der Waals surface area contributed by atoms with E-state index >= 15 is 0 Å². The predicted molar refractivity (Wildman–Crippen MR) is 101 cm³/mol. The van der Waals surface area contributed by atoms with Crippen LogP contribution in [0.3, 0.4) is 0 Å². The van der Waals surface area contributed by atoms with Crippen molar-refractivity contribution in [3.8, 4) is 0 Å². The van der Waals surface area contributed by atoms with E-state index in [4.69, 9.17) is 0 Å². The standard InChI is InChI=1S/C19H27N5O4/c25-13-23(28)12-15(10-14-4-1-2-5-14)19(27)24-17(7-9-21-24)18(26)22-16-6-3-8-20-11-16/h3,6,8,11,13-15,17,21,28H,1-2,4-5,7,9-10,12H2,(H,22,26). The number of amides is 3. The predicted octanol–water partition coefficient (Wildman–Crippen LogP) is 1.17. The largest absolute Gasteiger partial charge is 0.323 e. The molecule has 9 nitrogen and oxygen atoms in total. The molecule has 0 aromatic carbocycles. The van der Waals surface area contributed by atoms with Crippen LogP contribution in [0.2, 0.25) is 0 Å². The summed E-state index contributed by atoms with van der Waals surface area (Å²) in [5, 5.41) is 14.3. The number of aromatic nitrogens is 1. The van der Waals surface area contributed by atoms with Crippen molar-refractivity contribution in [2.45, 2.75) is 44.6 Å². The molecule has 3 rings (SSSR count). The van der Waals surface area contributed by atoms with E-state index < -0.39 is 12.0 Å². The molecule has 0 spiro atoms. The quantitative estimate of drug-likeness (QED) is 0.349. The second kappa shape index (κ2) is 9.61. The maximum atomic E-state index is 13.2. The van der Waals surface area contributed by atoms with Gasteiger partial charge >= 0.3 is 0 Å². The number of nitrogens with one attached hydrogen (secondary N) is 2. The Hall–Kier alpha value is -2.52. The number of hydroxylamine groups is 2. The summed E-state index contributed by atoms with van der Waals surface area (Å²) in [5.74, 6) is -0.712. The molecule has 1 aliphatic heterocycles. The van der Waals surface area contributed by atoms with Gasteiger partial charge in [0.25, 0.3) is 0 Å². The highest BCUT2D eigenvalue weighted by atomic mass is 16.5. The van der Waals surface area contributed by atoms with Gasteiger partial charge in [0.15, 0.2) is 0 Å². The van der Waals surface area contributed by atoms with Crippen molar-refractivity contribution in [3.63, 3.8) is 0 Å². The Morgan fingerprint density at radius 3 is 2.86 bits per heavy atom. The summed E-state index contributed by atoms with van der Waals surface area (Å²) in [7, 11) is 0. The highest BCUT2D eigenvalue weighted by molar-refractivity contribution is 5.97. The number of carbonyl (C=O) groups excluding carboxylic acids is 3. The lowest BCUT2D eigenvalue weighted by Crippen LogP contribution is -2.51. The van der Waals surface area contributed by atoms with Gasteiger partial charge in [-0.05, 0) is 30.9 Å². The molecule has 2 heterocycles. The minimum Gasteiger partial charge on any atom is -0.323 e. The maximum absolute atomic E-state index is 13.2. The fraction of sp³-hybridized carbons (Fsp3) is 0.579. The number of hydrogen-bond acceptors (Lipinski definition) is 6. The molecule has 2 aliphatic rings. The molecular weight excluding hydrogens is 362 g/mol. The van der Waals surface area contributed by atoms with Crippen LogP contribution >= 0.6 is 0 Å². The fourth-order valence-corrected chi connectivity index (χ4v) is 4.07. The Morgan fingerprint density at radius 1 is 1.39 bits per heavy atom. The average Bonchev–Trinajstić information content (AvgIpc) is 3.39. The van der Waals surface area contributed by atoms with Gasteiger partial charge in [0, 0.05) is 12.7 Å². The van der Waals surface area contributed by atoms with Gasteiger partial charge in [0.1, 0.15) is 6.04 Å². The lowest BCUT2D eigenvalue weighted by molar-refractivity contribution is -0.159. The monoisotopic (exact) mass is 389 g/mol. The molecule has 3 amide bonds. The molecule has 1 saturated heterocycles. The summed E-state index contributed by atoms with van der Waals surface area (Å²) >= 11 is 0. The third-order valence-corrected chi connectivity index (χ3v) is 5.45. The average molecular weight is 389 g/mol. The van der Waals surface area contributed by atoms with Crippen molar-refractivity contribution < 1.29 is 19.6 Å². The van der Waals surface area contributed by atoms with Crippen molar-refractivity contribution in [1.82, 2.24) is 20.5 Å². The molecule has 1 aromatic heterocycles. The number of hydrogen-bond donors (Lipinski definition) is 3. The number of hydrazine groups is 1. The van der Waals surface area contributed by atoms with E-state index in [-0.39, 0.29) is 18.4 Å². The smallest absolute Gasteiger partial charge is 0.248 e. The first-order chi connectivity index (χ1) is 13.6. The third-order valence-electron chi connectivity index (χ3n) is 5.45. The van der Waals surface area contributed by atoms with Crippen LogP contribution in [0.25, 0.3) is 0 Å². The Labute approximate surface area is 164 Å². The summed E-state index contributed by atoms with van der Waals surface area (Å²) in [6.07, 6.45) is 8.93. The summed E-state index contributed by atoms with van der Waals surface area (Å²) < 4.78 is 0. The Balaban J connectivity index is 1.68. The second-order valence-electron chi connectivity index (χ2n) is 7.46. The lowest BCUT2D eigenvalue weighted by Gasteiger charge is -2.29. The van der Waals surface area contributed by atoms with E-state index in [0.29, 0.717) is 42.5 Å². The number of anilines is 1. The van der Waals surface area contributed by atoms with Gasteiger partial charge < -0.3 is 5.32 Å². The van der Waals surface area contributed by atoms with E-state index in [1.165, 1.54) is 5.01 Å². The highest BCUT2D eigenvalue weighted by Crippen LogP contribution is 2.31. The lowest BCUT2D eigenvalue weighted by atomic mass is 9.92. The van der Waals surface area contributed by atoms with Crippen LogP contribution < -0.4 is 10.7 Å². The van der Waals surface area contributed by atoms with Crippen molar-refractivity contribution in [2.75, 3.05) is 18.4 Å². The summed E-state index contributed by atoms with van der Waals surface area (Å²) in [6, 6.07) is 2.80. The van der Waals surface area contributed by atoms with Crippen molar-refractivity contribution in [3.05, 3.63) is 24.5 Å². The molecule has 9 heteroatoms. The Bertz CT molecular complexity index is 680. The van der Waals surface area contributed by atoms with Gasteiger partial charge in [-0.3, -0.25) is 29.6 Å². The van der Waals surface area contributed by atoms with Gasteiger partial charge in [-0.2, -0.15) is 0 Å². The van der Waals surface area contributed by atoms with E-state index in [1.54, 1.807) is 24.5 Å². The molecule has 1 aromatic rings. The van der Waals surface area contributed by atoms with E-state index in [2.05, 4.69) is 15.7 Å². The molecule has 0 bridgehead atoms. The van der Waals surface area contributed by atoms with Gasteiger partial charge in [0.2, 0.25) is 18.2 Å². The van der Waals surface area contributed by atoms with Crippen molar-refractivity contribution in [1.29, 1.82) is 0 Å². The zero-order chi connectivity index (χ0) is 19.9. The van der Waals surface area contributed by atoms with Crippen LogP contribution in [0.15, 0.2) is 24.5 Å². The summed E-state index contributed by atoms with van der Waals surface area (Å²) in [4.78, 5) is 40.7. The minimum atomic E-state index is -0.651. The number of carbonyl (C=O) groups is 3. The van der Waals surface area contributed by atoms with Crippen LogP contribution in [-0.2, 0) is 14.4 Å². The van der Waals surface area contributed by atoms with E-state index in [1.807, 2.05) is 0 Å². The number of pyridine rings is 1. The van der Waals surface area contributed by atoms with Crippen molar-refractivity contribution >= 4 is 23.9 Å². The van der Waals surface area contributed by atoms with Crippen LogP contribution in [-0.4, -0.2) is 57.6 Å². The summed E-state index contributed by atoms with van der Waals surface area (Å²) in [6.45, 7) is 0.428. The Kier molecular flexibility index (Phi) is 6.94. The molecule has 152 valence electrons. The van der Waals surface area contributed by atoms with Gasteiger partial charge in [0.05, 0.1) is 24.3 Å². The van der Waals surface area contributed by atoms with Crippen molar-refractivity contribution in [2.24, 2.45) is 11.8 Å². The Morgan fingerprint density at radius 2 is 2.18 bits per heavy atom. The van der Waals surface area contributed by atoms with Gasteiger partial charge in [-0.15, -0.1) is 0 Å².